The van der Waals surface area contributed by atoms with Crippen molar-refractivity contribution < 1.29 is 14.3 Å². The molecule has 3 rings (SSSR count). The van der Waals surface area contributed by atoms with E-state index in [9.17, 15) is 4.79 Å². The predicted octanol–water partition coefficient (Wildman–Crippen LogP) is 4.39. The number of rotatable bonds is 6. The number of thiocarbonyl (C=S) groups is 1. The highest BCUT2D eigenvalue weighted by atomic mass is 32.1. The molecule has 0 unspecified atom stereocenters. The Morgan fingerprint density at radius 1 is 1.29 bits per heavy atom. The van der Waals surface area contributed by atoms with Gasteiger partial charge in [0.05, 0.1) is 18.2 Å². The van der Waals surface area contributed by atoms with Gasteiger partial charge in [-0.25, -0.2) is 4.79 Å². The molecule has 6 heteroatoms. The first-order chi connectivity index (χ1) is 13.5. The second kappa shape index (κ2) is 9.41. The minimum Gasteiger partial charge on any atom is -0.493 e. The van der Waals surface area contributed by atoms with E-state index in [0.29, 0.717) is 23.2 Å². The molecule has 2 aliphatic rings. The van der Waals surface area contributed by atoms with Crippen LogP contribution in [0.3, 0.4) is 0 Å². The summed E-state index contributed by atoms with van der Waals surface area (Å²) < 4.78 is 11.8. The van der Waals surface area contributed by atoms with E-state index in [4.69, 9.17) is 21.7 Å². The zero-order chi connectivity index (χ0) is 20.1. The molecule has 5 nitrogen and oxygen atoms in total. The molecular weight excluding hydrogens is 372 g/mol. The summed E-state index contributed by atoms with van der Waals surface area (Å²) in [6.07, 6.45) is 5.07. The second-order valence-electron chi connectivity index (χ2n) is 7.76. The summed E-state index contributed by atoms with van der Waals surface area (Å²) in [6, 6.07) is 7.39. The number of carbonyl (C=O) groups excluding carboxylic acids is 1. The number of nitrogens with one attached hydrogen (secondary N) is 2. The van der Waals surface area contributed by atoms with Gasteiger partial charge in [0, 0.05) is 11.3 Å². The zero-order valence-electron chi connectivity index (χ0n) is 16.9. The van der Waals surface area contributed by atoms with Gasteiger partial charge in [-0.3, -0.25) is 0 Å². The van der Waals surface area contributed by atoms with Crippen LogP contribution in [0.25, 0.3) is 0 Å². The summed E-state index contributed by atoms with van der Waals surface area (Å²) in [5.41, 5.74) is 2.19. The van der Waals surface area contributed by atoms with Crippen LogP contribution in [0.15, 0.2) is 35.5 Å². The SMILES string of the molecule is CCCOc1ccccc1[C@H]1NC(=S)NC(C)=C1C(=O)O[C@@H]1CCC[C@H](C)C1. The Bertz CT molecular complexity index is 762. The molecule has 28 heavy (non-hydrogen) atoms. The summed E-state index contributed by atoms with van der Waals surface area (Å²) in [7, 11) is 0. The van der Waals surface area contributed by atoms with Gasteiger partial charge < -0.3 is 20.1 Å². The van der Waals surface area contributed by atoms with Crippen LogP contribution in [0, 0.1) is 5.92 Å². The fraction of sp³-hybridized carbons (Fsp3) is 0.545. The highest BCUT2D eigenvalue weighted by molar-refractivity contribution is 7.80. The molecule has 1 aliphatic carbocycles. The van der Waals surface area contributed by atoms with Crippen molar-refractivity contribution in [3.8, 4) is 5.75 Å². The van der Waals surface area contributed by atoms with Crippen LogP contribution in [0.1, 0.15) is 64.5 Å². The lowest BCUT2D eigenvalue weighted by Gasteiger charge is -2.32. The van der Waals surface area contributed by atoms with E-state index in [1.54, 1.807) is 0 Å². The maximum atomic E-state index is 13.2. The average molecular weight is 403 g/mol. The van der Waals surface area contributed by atoms with Crippen molar-refractivity contribution >= 4 is 23.3 Å². The summed E-state index contributed by atoms with van der Waals surface area (Å²) in [6.45, 7) is 6.78. The van der Waals surface area contributed by atoms with Crippen molar-refractivity contribution in [3.63, 3.8) is 0 Å². The summed E-state index contributed by atoms with van der Waals surface area (Å²) in [4.78, 5) is 13.2. The first-order valence-electron chi connectivity index (χ1n) is 10.2. The van der Waals surface area contributed by atoms with Gasteiger partial charge in [-0.15, -0.1) is 0 Å². The van der Waals surface area contributed by atoms with Crippen molar-refractivity contribution in [3.05, 3.63) is 41.1 Å². The molecule has 3 atom stereocenters. The van der Waals surface area contributed by atoms with Gasteiger partial charge in [0.25, 0.3) is 0 Å². The lowest BCUT2D eigenvalue weighted by atomic mass is 9.88. The van der Waals surface area contributed by atoms with Gasteiger partial charge >= 0.3 is 5.97 Å². The molecule has 0 amide bonds. The molecule has 1 aromatic carbocycles. The average Bonchev–Trinajstić information content (AvgIpc) is 2.66. The van der Waals surface area contributed by atoms with E-state index in [0.717, 1.165) is 42.7 Å². The summed E-state index contributed by atoms with van der Waals surface area (Å²) >= 11 is 5.36. The number of para-hydroxylation sites is 1. The van der Waals surface area contributed by atoms with Crippen LogP contribution in [0.5, 0.6) is 5.75 Å². The Morgan fingerprint density at radius 3 is 2.82 bits per heavy atom. The molecule has 1 aliphatic heterocycles. The Labute approximate surface area is 172 Å². The van der Waals surface area contributed by atoms with E-state index >= 15 is 0 Å². The molecule has 1 saturated carbocycles. The molecule has 1 aromatic rings. The third kappa shape index (κ3) is 4.85. The third-order valence-electron chi connectivity index (χ3n) is 5.34. The number of benzene rings is 1. The van der Waals surface area contributed by atoms with E-state index in [-0.39, 0.29) is 12.1 Å². The molecule has 0 spiro atoms. The Hall–Kier alpha value is -2.08. The molecule has 1 heterocycles. The molecule has 0 radical (unpaired) electrons. The van der Waals surface area contributed by atoms with Crippen molar-refractivity contribution in [2.45, 2.75) is 65.0 Å². The van der Waals surface area contributed by atoms with Crippen molar-refractivity contribution in [2.24, 2.45) is 5.92 Å². The maximum Gasteiger partial charge on any atom is 0.338 e. The highest BCUT2D eigenvalue weighted by Gasteiger charge is 2.34. The monoisotopic (exact) mass is 402 g/mol. The van der Waals surface area contributed by atoms with Gasteiger partial charge in [0.1, 0.15) is 11.9 Å². The fourth-order valence-electron chi connectivity index (χ4n) is 3.96. The van der Waals surface area contributed by atoms with Crippen LogP contribution >= 0.6 is 12.2 Å². The van der Waals surface area contributed by atoms with Gasteiger partial charge in [-0.2, -0.15) is 0 Å². The maximum absolute atomic E-state index is 13.2. The summed E-state index contributed by atoms with van der Waals surface area (Å²) in [5.74, 6) is 1.07. The number of esters is 1. The normalized spacial score (nSPS) is 25.0. The number of hydrogen-bond acceptors (Lipinski definition) is 4. The van der Waals surface area contributed by atoms with Crippen molar-refractivity contribution in [1.82, 2.24) is 10.6 Å². The zero-order valence-corrected chi connectivity index (χ0v) is 17.7. The van der Waals surface area contributed by atoms with E-state index in [2.05, 4.69) is 24.5 Å². The number of allylic oxidation sites excluding steroid dienone is 1. The van der Waals surface area contributed by atoms with Gasteiger partial charge in [-0.05, 0) is 56.8 Å². The lowest BCUT2D eigenvalue weighted by Crippen LogP contribution is -2.45. The van der Waals surface area contributed by atoms with Gasteiger partial charge in [-0.1, -0.05) is 38.5 Å². The van der Waals surface area contributed by atoms with Crippen LogP contribution in [0.4, 0.5) is 0 Å². The topological polar surface area (TPSA) is 59.6 Å². The Balaban J connectivity index is 1.88. The predicted molar refractivity (Wildman–Crippen MR) is 114 cm³/mol. The smallest absolute Gasteiger partial charge is 0.338 e. The molecule has 0 saturated heterocycles. The highest BCUT2D eigenvalue weighted by Crippen LogP contribution is 2.35. The van der Waals surface area contributed by atoms with Gasteiger partial charge in [0.15, 0.2) is 5.11 Å². The van der Waals surface area contributed by atoms with Crippen LogP contribution < -0.4 is 15.4 Å². The Morgan fingerprint density at radius 2 is 2.07 bits per heavy atom. The molecule has 2 N–H and O–H groups in total. The Kier molecular flexibility index (Phi) is 6.94. The van der Waals surface area contributed by atoms with E-state index in [1.165, 1.54) is 6.42 Å². The molecule has 1 fully saturated rings. The molecule has 0 aromatic heterocycles. The third-order valence-corrected chi connectivity index (χ3v) is 5.56. The van der Waals surface area contributed by atoms with E-state index in [1.807, 2.05) is 31.2 Å². The quantitative estimate of drug-likeness (QED) is 0.544. The van der Waals surface area contributed by atoms with Crippen molar-refractivity contribution in [2.75, 3.05) is 6.61 Å². The molecule has 0 bridgehead atoms. The lowest BCUT2D eigenvalue weighted by molar-refractivity contribution is -0.146. The number of hydrogen-bond donors (Lipinski definition) is 2. The minimum absolute atomic E-state index is 0.0161. The number of carbonyl (C=O) groups is 1. The van der Waals surface area contributed by atoms with Crippen LogP contribution in [0.2, 0.25) is 0 Å². The fourth-order valence-corrected chi connectivity index (χ4v) is 4.23. The summed E-state index contributed by atoms with van der Waals surface area (Å²) in [5, 5.41) is 6.81. The van der Waals surface area contributed by atoms with Crippen molar-refractivity contribution in [1.29, 1.82) is 0 Å². The first kappa shape index (κ1) is 20.6. The number of ether oxygens (including phenoxy) is 2. The van der Waals surface area contributed by atoms with Crippen LogP contribution in [-0.2, 0) is 9.53 Å². The standard InChI is InChI=1S/C22H30N2O3S/c1-4-12-26-18-11-6-5-10-17(18)20-19(15(3)23-22(28)24-20)21(25)27-16-9-7-8-14(2)13-16/h5-6,10-11,14,16,20H,4,7-9,12-13H2,1-3H3,(H2,23,24,28)/t14-,16+,20+/m0/s1. The van der Waals surface area contributed by atoms with Crippen LogP contribution in [-0.4, -0.2) is 23.8 Å². The minimum atomic E-state index is -0.393. The molecule has 152 valence electrons. The largest absolute Gasteiger partial charge is 0.493 e. The van der Waals surface area contributed by atoms with E-state index < -0.39 is 6.04 Å². The van der Waals surface area contributed by atoms with Gasteiger partial charge in [0.2, 0.25) is 0 Å². The molecular formula is C22H30N2O3S. The first-order valence-corrected chi connectivity index (χ1v) is 10.6. The second-order valence-corrected chi connectivity index (χ2v) is 8.16.